The molecule has 130 valence electrons. The lowest BCUT2D eigenvalue weighted by Crippen LogP contribution is -2.32. The molecule has 9 heteroatoms. The van der Waals surface area contributed by atoms with E-state index in [9.17, 15) is 8.78 Å². The van der Waals surface area contributed by atoms with Crippen LogP contribution in [0.3, 0.4) is 0 Å². The summed E-state index contributed by atoms with van der Waals surface area (Å²) in [7, 11) is 0. The number of rotatable bonds is 5. The lowest BCUT2D eigenvalue weighted by molar-refractivity contribution is 0.296. The number of nitrogens with one attached hydrogen (secondary N) is 2. The molecule has 0 saturated carbocycles. The molecular formula is C16H13ClF2N4OS. The molecular weight excluding hydrogens is 370 g/mol. The van der Waals surface area contributed by atoms with E-state index in [1.165, 1.54) is 11.9 Å². The van der Waals surface area contributed by atoms with Gasteiger partial charge < -0.3 is 15.8 Å². The van der Waals surface area contributed by atoms with Gasteiger partial charge in [-0.3, -0.25) is 5.41 Å². The molecule has 25 heavy (non-hydrogen) atoms. The molecule has 1 unspecified atom stereocenters. The van der Waals surface area contributed by atoms with E-state index in [0.29, 0.717) is 10.9 Å². The fraction of sp³-hybridized carbons (Fsp3) is 0.125. The second-order valence-corrected chi connectivity index (χ2v) is 6.54. The standard InChI is InChI=1S/C16H13ClF2N4OS/c17-9-3-1-8(2-4-9)16-22-12(25-23-16)7-24-11-6-5-10(18)13(14(11)19)15(20)21/h1-6,12H,7H2,(H3,20,21)(H,22,23). The Labute approximate surface area is 151 Å². The van der Waals surface area contributed by atoms with Gasteiger partial charge in [0.1, 0.15) is 29.5 Å². The van der Waals surface area contributed by atoms with Gasteiger partial charge in [0.05, 0.1) is 5.56 Å². The number of benzene rings is 2. The Morgan fingerprint density at radius 3 is 2.68 bits per heavy atom. The highest BCUT2D eigenvalue weighted by Gasteiger charge is 2.22. The minimum atomic E-state index is -0.991. The van der Waals surface area contributed by atoms with Crippen LogP contribution in [0.25, 0.3) is 0 Å². The summed E-state index contributed by atoms with van der Waals surface area (Å²) in [5, 5.41) is 10.8. The van der Waals surface area contributed by atoms with Gasteiger partial charge in [-0.1, -0.05) is 11.6 Å². The molecule has 1 aliphatic heterocycles. The Kier molecular flexibility index (Phi) is 5.10. The van der Waals surface area contributed by atoms with E-state index in [0.717, 1.165) is 17.7 Å². The van der Waals surface area contributed by atoms with Gasteiger partial charge in [0.25, 0.3) is 0 Å². The number of nitrogen functional groups attached to an aromatic ring is 1. The molecule has 0 amide bonds. The van der Waals surface area contributed by atoms with Crippen LogP contribution in [-0.4, -0.2) is 23.7 Å². The van der Waals surface area contributed by atoms with E-state index >= 15 is 0 Å². The lowest BCUT2D eigenvalue weighted by Gasteiger charge is -2.14. The summed E-state index contributed by atoms with van der Waals surface area (Å²) in [4.78, 5) is 0. The largest absolute Gasteiger partial charge is 0.487 e. The maximum absolute atomic E-state index is 14.2. The lowest BCUT2D eigenvalue weighted by atomic mass is 10.1. The fourth-order valence-corrected chi connectivity index (χ4v) is 3.00. The molecule has 0 spiro atoms. The van der Waals surface area contributed by atoms with Crippen molar-refractivity contribution >= 4 is 35.2 Å². The maximum atomic E-state index is 14.2. The summed E-state index contributed by atoms with van der Waals surface area (Å²) in [5.41, 5.74) is 5.47. The minimum absolute atomic E-state index is 0.0884. The van der Waals surface area contributed by atoms with E-state index in [-0.39, 0.29) is 17.7 Å². The Morgan fingerprint density at radius 2 is 2.00 bits per heavy atom. The molecule has 1 aliphatic rings. The van der Waals surface area contributed by atoms with Crippen LogP contribution in [0.5, 0.6) is 5.75 Å². The molecule has 0 bridgehead atoms. The normalized spacial score (nSPS) is 16.3. The smallest absolute Gasteiger partial charge is 0.178 e. The zero-order chi connectivity index (χ0) is 18.0. The molecule has 5 nitrogen and oxygen atoms in total. The van der Waals surface area contributed by atoms with E-state index in [1.807, 2.05) is 12.1 Å². The van der Waals surface area contributed by atoms with Crippen molar-refractivity contribution < 1.29 is 13.5 Å². The number of hydrogen-bond acceptors (Lipinski definition) is 5. The van der Waals surface area contributed by atoms with Crippen molar-refractivity contribution in [2.45, 2.75) is 5.37 Å². The van der Waals surface area contributed by atoms with Crippen LogP contribution >= 0.6 is 23.5 Å². The quantitative estimate of drug-likeness (QED) is 0.421. The average molecular weight is 383 g/mol. The summed E-state index contributed by atoms with van der Waals surface area (Å²) in [5.74, 6) is -2.09. The van der Waals surface area contributed by atoms with E-state index in [4.69, 9.17) is 27.5 Å². The molecule has 0 aromatic heterocycles. The summed E-state index contributed by atoms with van der Waals surface area (Å²) < 4.78 is 37.4. The van der Waals surface area contributed by atoms with Crippen LogP contribution < -0.4 is 15.8 Å². The van der Waals surface area contributed by atoms with E-state index in [1.54, 1.807) is 12.1 Å². The summed E-state index contributed by atoms with van der Waals surface area (Å²) in [6, 6.07) is 9.35. The van der Waals surface area contributed by atoms with Gasteiger partial charge in [-0.2, -0.15) is 4.40 Å². The monoisotopic (exact) mass is 382 g/mol. The van der Waals surface area contributed by atoms with Crippen molar-refractivity contribution in [1.82, 2.24) is 5.32 Å². The van der Waals surface area contributed by atoms with Crippen LogP contribution in [-0.2, 0) is 0 Å². The summed E-state index contributed by atoms with van der Waals surface area (Å²) in [6.45, 7) is 0.0884. The SMILES string of the molecule is N=C(N)c1c(F)ccc(OCC2NC(c3ccc(Cl)cc3)=NS2)c1F. The molecule has 3 rings (SSSR count). The van der Waals surface area contributed by atoms with Crippen molar-refractivity contribution in [1.29, 1.82) is 5.41 Å². The zero-order valence-electron chi connectivity index (χ0n) is 12.7. The predicted octanol–water partition coefficient (Wildman–Crippen LogP) is 3.31. The summed E-state index contributed by atoms with van der Waals surface area (Å²) in [6.07, 6.45) is 0. The number of halogens is 3. The second-order valence-electron chi connectivity index (χ2n) is 5.14. The van der Waals surface area contributed by atoms with E-state index < -0.39 is 23.0 Å². The van der Waals surface area contributed by atoms with Gasteiger partial charge in [-0.05, 0) is 36.4 Å². The fourth-order valence-electron chi connectivity index (χ4n) is 2.19. The number of ether oxygens (including phenoxy) is 1. The third-order valence-electron chi connectivity index (χ3n) is 3.40. The van der Waals surface area contributed by atoms with Gasteiger partial charge in [-0.15, -0.1) is 0 Å². The Balaban J connectivity index is 1.63. The van der Waals surface area contributed by atoms with Crippen LogP contribution in [0.2, 0.25) is 5.02 Å². The first kappa shape index (κ1) is 17.5. The number of amidine groups is 2. The maximum Gasteiger partial charge on any atom is 0.178 e. The second kappa shape index (κ2) is 7.28. The number of nitrogens with two attached hydrogens (primary N) is 1. The topological polar surface area (TPSA) is 83.5 Å². The molecule has 0 radical (unpaired) electrons. The molecule has 1 heterocycles. The first-order chi connectivity index (χ1) is 12.0. The number of hydrogen-bond donors (Lipinski definition) is 3. The first-order valence-electron chi connectivity index (χ1n) is 7.17. The van der Waals surface area contributed by atoms with Crippen LogP contribution in [0.15, 0.2) is 40.8 Å². The van der Waals surface area contributed by atoms with Crippen molar-refractivity contribution in [2.24, 2.45) is 10.1 Å². The molecule has 4 N–H and O–H groups in total. The molecule has 0 aliphatic carbocycles. The van der Waals surface area contributed by atoms with Crippen molar-refractivity contribution in [3.63, 3.8) is 0 Å². The highest BCUT2D eigenvalue weighted by molar-refractivity contribution is 7.99. The van der Waals surface area contributed by atoms with Gasteiger partial charge in [-0.25, -0.2) is 8.78 Å². The van der Waals surface area contributed by atoms with Crippen LogP contribution in [0, 0.1) is 17.0 Å². The van der Waals surface area contributed by atoms with Gasteiger partial charge in [0.15, 0.2) is 11.6 Å². The van der Waals surface area contributed by atoms with Crippen molar-refractivity contribution in [2.75, 3.05) is 6.61 Å². The van der Waals surface area contributed by atoms with Gasteiger partial charge in [0.2, 0.25) is 0 Å². The van der Waals surface area contributed by atoms with Crippen molar-refractivity contribution in [3.8, 4) is 5.75 Å². The highest BCUT2D eigenvalue weighted by atomic mass is 35.5. The first-order valence-corrected chi connectivity index (χ1v) is 8.38. The average Bonchev–Trinajstić information content (AvgIpc) is 3.03. The molecule has 2 aromatic rings. The Morgan fingerprint density at radius 1 is 1.28 bits per heavy atom. The Bertz CT molecular complexity index is 845. The third-order valence-corrected chi connectivity index (χ3v) is 4.45. The predicted molar refractivity (Wildman–Crippen MR) is 95.4 cm³/mol. The molecule has 0 fully saturated rings. The summed E-state index contributed by atoms with van der Waals surface area (Å²) >= 11 is 7.10. The number of nitrogens with zero attached hydrogens (tertiary/aromatic N) is 1. The highest BCUT2D eigenvalue weighted by Crippen LogP contribution is 2.25. The third kappa shape index (κ3) is 3.85. The van der Waals surface area contributed by atoms with Gasteiger partial charge in [0, 0.05) is 22.5 Å². The van der Waals surface area contributed by atoms with E-state index in [2.05, 4.69) is 9.71 Å². The van der Waals surface area contributed by atoms with Crippen LogP contribution in [0.1, 0.15) is 11.1 Å². The van der Waals surface area contributed by atoms with Crippen molar-refractivity contribution in [3.05, 3.63) is 64.2 Å². The molecule has 2 aromatic carbocycles. The molecule has 0 saturated heterocycles. The minimum Gasteiger partial charge on any atom is -0.487 e. The van der Waals surface area contributed by atoms with Gasteiger partial charge >= 0.3 is 0 Å². The van der Waals surface area contributed by atoms with Crippen LogP contribution in [0.4, 0.5) is 8.78 Å². The molecule has 1 atom stereocenters. The zero-order valence-corrected chi connectivity index (χ0v) is 14.3. The Hall–Kier alpha value is -2.32.